The number of amidine groups is 1. The number of fused-ring (bicyclic) bond motifs is 2. The van der Waals surface area contributed by atoms with Crippen LogP contribution < -0.4 is 20.5 Å². The molecule has 2 N–H and O–H groups in total. The lowest BCUT2D eigenvalue weighted by Gasteiger charge is -2.16. The third-order valence-corrected chi connectivity index (χ3v) is 2.94. The summed E-state index contributed by atoms with van der Waals surface area (Å²) in [6, 6.07) is 5.71. The molecule has 1 aromatic carbocycles. The molecule has 0 amide bonds. The first-order chi connectivity index (χ1) is 9.88. The summed E-state index contributed by atoms with van der Waals surface area (Å²) in [5, 5.41) is 9.66. The molecule has 4 rings (SSSR count). The first-order valence-electron chi connectivity index (χ1n) is 6.05. The molecule has 0 radical (unpaired) electrons. The molecule has 0 aliphatic carbocycles. The Morgan fingerprint density at radius 1 is 1.25 bits per heavy atom. The molecule has 1 aromatic rings. The highest BCUT2D eigenvalue weighted by Crippen LogP contribution is 2.32. The van der Waals surface area contributed by atoms with Crippen molar-refractivity contribution in [3.63, 3.8) is 0 Å². The summed E-state index contributed by atoms with van der Waals surface area (Å²) in [6.07, 6.45) is 3.56. The number of hydrogen-bond donors (Lipinski definition) is 2. The Labute approximate surface area is 114 Å². The minimum absolute atomic E-state index is 0.269. The van der Waals surface area contributed by atoms with Crippen molar-refractivity contribution in [1.82, 2.24) is 16.2 Å². The van der Waals surface area contributed by atoms with Gasteiger partial charge in [-0.25, -0.2) is 5.53 Å². The maximum Gasteiger partial charge on any atom is 0.233 e. The third kappa shape index (κ3) is 1.91. The van der Waals surface area contributed by atoms with Crippen molar-refractivity contribution in [2.24, 2.45) is 10.2 Å². The van der Waals surface area contributed by atoms with Crippen LogP contribution in [0, 0.1) is 0 Å². The molecular weight excluding hydrogens is 262 g/mol. The van der Waals surface area contributed by atoms with Crippen LogP contribution in [0.5, 0.6) is 11.5 Å². The van der Waals surface area contributed by atoms with Crippen molar-refractivity contribution in [3.8, 4) is 11.5 Å². The van der Waals surface area contributed by atoms with Crippen LogP contribution >= 0.6 is 0 Å². The number of hydrogen-bond acceptors (Lipinski definition) is 8. The molecular formula is C12H11N5O3. The van der Waals surface area contributed by atoms with E-state index in [9.17, 15) is 0 Å². The van der Waals surface area contributed by atoms with E-state index in [0.717, 1.165) is 17.1 Å². The van der Waals surface area contributed by atoms with Crippen LogP contribution in [-0.2, 0) is 11.3 Å². The lowest BCUT2D eigenvalue weighted by Crippen LogP contribution is -2.38. The van der Waals surface area contributed by atoms with Crippen LogP contribution in [-0.4, -0.2) is 23.6 Å². The highest BCUT2D eigenvalue weighted by molar-refractivity contribution is 6.03. The number of ether oxygens (including phenoxy) is 3. The van der Waals surface area contributed by atoms with Gasteiger partial charge in [-0.2, -0.15) is 5.12 Å². The number of nitrogens with zero attached hydrogens (tertiary/aromatic N) is 3. The van der Waals surface area contributed by atoms with E-state index in [1.54, 1.807) is 12.2 Å². The standard InChI is InChI=1S/C12H11N5O3/c1-2-9-10(20-7-19-9)5-8(1)6-18-12-4-3-11-13-15-16-17(11)14-12/h1-5,15-16H,6-7H2. The average Bonchev–Trinajstić information content (AvgIpc) is 3.12. The Bertz CT molecular complexity index is 640. The monoisotopic (exact) mass is 273 g/mol. The molecule has 3 aliphatic rings. The van der Waals surface area contributed by atoms with Gasteiger partial charge in [-0.15, -0.1) is 15.7 Å². The molecule has 0 saturated carbocycles. The molecule has 0 atom stereocenters. The third-order valence-electron chi connectivity index (χ3n) is 2.94. The number of hydrazone groups is 2. The largest absolute Gasteiger partial charge is 0.472 e. The molecule has 0 saturated heterocycles. The number of benzene rings is 1. The molecule has 0 spiro atoms. The predicted octanol–water partition coefficient (Wildman–Crippen LogP) is 0.453. The van der Waals surface area contributed by atoms with Crippen LogP contribution in [0.15, 0.2) is 40.6 Å². The number of nitrogens with one attached hydrogen (secondary N) is 2. The molecule has 102 valence electrons. The van der Waals surface area contributed by atoms with Gasteiger partial charge in [0.1, 0.15) is 6.61 Å². The van der Waals surface area contributed by atoms with Crippen LogP contribution in [0.1, 0.15) is 5.56 Å². The smallest absolute Gasteiger partial charge is 0.233 e. The summed E-state index contributed by atoms with van der Waals surface area (Å²) in [6.45, 7) is 0.665. The van der Waals surface area contributed by atoms with Crippen molar-refractivity contribution in [2.75, 3.05) is 6.79 Å². The SMILES string of the molecule is C1=CC2=NNNN2N=C1OCc1ccc2c(c1)OCO2. The van der Waals surface area contributed by atoms with E-state index in [1.807, 2.05) is 18.2 Å². The van der Waals surface area contributed by atoms with Gasteiger partial charge in [0.2, 0.25) is 12.7 Å². The van der Waals surface area contributed by atoms with E-state index in [4.69, 9.17) is 14.2 Å². The second kappa shape index (κ2) is 4.42. The minimum Gasteiger partial charge on any atom is -0.472 e. The fourth-order valence-electron chi connectivity index (χ4n) is 1.96. The van der Waals surface area contributed by atoms with Crippen LogP contribution in [0.2, 0.25) is 0 Å². The zero-order valence-corrected chi connectivity index (χ0v) is 10.4. The molecule has 0 fully saturated rings. The molecule has 3 heterocycles. The first-order valence-corrected chi connectivity index (χ1v) is 6.05. The Hall–Kier alpha value is -2.74. The summed E-state index contributed by atoms with van der Waals surface area (Å²) in [5.41, 5.74) is 6.34. The fourth-order valence-corrected chi connectivity index (χ4v) is 1.96. The van der Waals surface area contributed by atoms with Crippen molar-refractivity contribution in [3.05, 3.63) is 35.9 Å². The highest BCUT2D eigenvalue weighted by atomic mass is 16.7. The predicted molar refractivity (Wildman–Crippen MR) is 69.5 cm³/mol. The summed E-state index contributed by atoms with van der Waals surface area (Å²) >= 11 is 0. The van der Waals surface area contributed by atoms with Crippen LogP contribution in [0.3, 0.4) is 0 Å². The number of rotatable bonds is 2. The average molecular weight is 273 g/mol. The quantitative estimate of drug-likeness (QED) is 0.814. The molecule has 3 aliphatic heterocycles. The van der Waals surface area contributed by atoms with Gasteiger partial charge in [0.15, 0.2) is 17.3 Å². The molecule has 20 heavy (non-hydrogen) atoms. The Balaban J connectivity index is 1.43. The Morgan fingerprint density at radius 2 is 2.20 bits per heavy atom. The van der Waals surface area contributed by atoms with Gasteiger partial charge in [0.25, 0.3) is 0 Å². The topological polar surface area (TPSA) is 79.7 Å². The van der Waals surface area contributed by atoms with Gasteiger partial charge in [-0.05, 0) is 23.8 Å². The lowest BCUT2D eigenvalue weighted by molar-refractivity contribution is 0.174. The first kappa shape index (κ1) is 11.1. The molecule has 0 aromatic heterocycles. The normalized spacial score (nSPS) is 18.3. The van der Waals surface area contributed by atoms with Crippen molar-refractivity contribution in [2.45, 2.75) is 6.61 Å². The zero-order chi connectivity index (χ0) is 13.4. The van der Waals surface area contributed by atoms with Gasteiger partial charge < -0.3 is 14.2 Å². The van der Waals surface area contributed by atoms with E-state index in [2.05, 4.69) is 21.3 Å². The van der Waals surface area contributed by atoms with Crippen LogP contribution in [0.4, 0.5) is 0 Å². The van der Waals surface area contributed by atoms with E-state index < -0.39 is 0 Å². The van der Waals surface area contributed by atoms with E-state index in [-0.39, 0.29) is 6.79 Å². The van der Waals surface area contributed by atoms with Gasteiger partial charge >= 0.3 is 0 Å². The Morgan fingerprint density at radius 3 is 3.20 bits per heavy atom. The molecule has 8 nitrogen and oxygen atoms in total. The number of hydrazine groups is 2. The highest BCUT2D eigenvalue weighted by Gasteiger charge is 2.19. The van der Waals surface area contributed by atoms with Crippen molar-refractivity contribution < 1.29 is 14.2 Å². The van der Waals surface area contributed by atoms with Gasteiger partial charge in [0, 0.05) is 6.08 Å². The minimum atomic E-state index is 0.269. The van der Waals surface area contributed by atoms with Gasteiger partial charge in [-0.3, -0.25) is 0 Å². The summed E-state index contributed by atoms with van der Waals surface area (Å²) in [5.74, 6) is 2.68. The van der Waals surface area contributed by atoms with Gasteiger partial charge in [-0.1, -0.05) is 6.07 Å². The summed E-state index contributed by atoms with van der Waals surface area (Å²) in [4.78, 5) is 0. The lowest BCUT2D eigenvalue weighted by atomic mass is 10.2. The maximum atomic E-state index is 5.64. The van der Waals surface area contributed by atoms with E-state index in [0.29, 0.717) is 18.3 Å². The second-order valence-electron chi connectivity index (χ2n) is 4.25. The van der Waals surface area contributed by atoms with E-state index in [1.165, 1.54) is 5.12 Å². The van der Waals surface area contributed by atoms with Crippen LogP contribution in [0.25, 0.3) is 0 Å². The summed E-state index contributed by atoms with van der Waals surface area (Å²) in [7, 11) is 0. The van der Waals surface area contributed by atoms with Crippen molar-refractivity contribution in [1.29, 1.82) is 0 Å². The zero-order valence-electron chi connectivity index (χ0n) is 10.4. The molecule has 8 heteroatoms. The van der Waals surface area contributed by atoms with E-state index >= 15 is 0 Å². The maximum absolute atomic E-state index is 5.64. The van der Waals surface area contributed by atoms with Crippen molar-refractivity contribution >= 4 is 11.7 Å². The Kier molecular flexibility index (Phi) is 2.46. The fraction of sp³-hybridized carbons (Fsp3) is 0.167. The van der Waals surface area contributed by atoms with Gasteiger partial charge in [0.05, 0.1) is 0 Å². The second-order valence-corrected chi connectivity index (χ2v) is 4.25. The molecule has 0 bridgehead atoms. The molecule has 0 unspecified atom stereocenters. The summed E-state index contributed by atoms with van der Waals surface area (Å²) < 4.78 is 16.2.